The van der Waals surface area contributed by atoms with Crippen LogP contribution in [0.25, 0.3) is 0 Å². The maximum absolute atomic E-state index is 12.7. The van der Waals surface area contributed by atoms with Gasteiger partial charge in [-0.25, -0.2) is 0 Å². The molecular formula is C11H20F3N3O. The molecule has 0 radical (unpaired) electrons. The number of nitrogens with zero attached hydrogens (tertiary/aromatic N) is 1. The molecule has 1 heterocycles. The van der Waals surface area contributed by atoms with Crippen molar-refractivity contribution in [2.75, 3.05) is 20.2 Å². The molecule has 106 valence electrons. The second-order valence-corrected chi connectivity index (χ2v) is 4.78. The molecule has 0 aromatic rings. The first-order chi connectivity index (χ1) is 8.25. The van der Waals surface area contributed by atoms with E-state index < -0.39 is 17.9 Å². The molecule has 0 bridgehead atoms. The zero-order valence-corrected chi connectivity index (χ0v) is 10.6. The van der Waals surface area contributed by atoms with Crippen LogP contribution < -0.4 is 5.73 Å². The molecule has 0 saturated carbocycles. The van der Waals surface area contributed by atoms with Gasteiger partial charge in [0.05, 0.1) is 6.10 Å². The Morgan fingerprint density at radius 2 is 2.17 bits per heavy atom. The van der Waals surface area contributed by atoms with Crippen molar-refractivity contribution in [2.24, 2.45) is 11.7 Å². The number of nitrogens with two attached hydrogens (primary N) is 1. The molecule has 3 atom stereocenters. The van der Waals surface area contributed by atoms with E-state index in [-0.39, 0.29) is 18.7 Å². The Bertz CT molecular complexity index is 296. The first-order valence-electron chi connectivity index (χ1n) is 5.93. The normalized spacial score (nSPS) is 28.1. The van der Waals surface area contributed by atoms with E-state index in [1.807, 2.05) is 6.92 Å². The highest BCUT2D eigenvalue weighted by molar-refractivity contribution is 5.80. The van der Waals surface area contributed by atoms with Crippen LogP contribution in [0.4, 0.5) is 13.2 Å². The predicted octanol–water partition coefficient (Wildman–Crippen LogP) is 1.60. The Morgan fingerprint density at radius 3 is 2.56 bits per heavy atom. The van der Waals surface area contributed by atoms with Crippen molar-refractivity contribution in [3.63, 3.8) is 0 Å². The molecule has 1 fully saturated rings. The third-order valence-corrected chi connectivity index (χ3v) is 3.49. The molecule has 0 amide bonds. The van der Waals surface area contributed by atoms with E-state index in [0.717, 1.165) is 0 Å². The lowest BCUT2D eigenvalue weighted by Crippen LogP contribution is -2.50. The Morgan fingerprint density at radius 1 is 1.56 bits per heavy atom. The van der Waals surface area contributed by atoms with E-state index in [2.05, 4.69) is 0 Å². The first kappa shape index (κ1) is 15.2. The maximum atomic E-state index is 12.7. The van der Waals surface area contributed by atoms with Gasteiger partial charge in [0.25, 0.3) is 0 Å². The fourth-order valence-electron chi connectivity index (χ4n) is 2.28. The summed E-state index contributed by atoms with van der Waals surface area (Å²) in [4.78, 5) is 1.73. The number of rotatable bonds is 4. The number of likely N-dealkylation sites (tertiary alicyclic amines) is 1. The average Bonchev–Trinajstić information content (AvgIpc) is 2.24. The summed E-state index contributed by atoms with van der Waals surface area (Å²) in [6, 6.07) is 0.00731. The van der Waals surface area contributed by atoms with Crippen LogP contribution in [0, 0.1) is 11.3 Å². The standard InChI is InChI=1S/C11H20F3N3O/c1-7-5-8(18-2)3-4-17(7)6-9(10(15)16)11(12,13)14/h7-9H,3-6H2,1-2H3,(H3,15,16). The molecule has 3 unspecified atom stereocenters. The molecule has 0 aromatic carbocycles. The Kier molecular flexibility index (Phi) is 4.98. The van der Waals surface area contributed by atoms with E-state index in [0.29, 0.717) is 19.4 Å². The van der Waals surface area contributed by atoms with Gasteiger partial charge in [-0.15, -0.1) is 0 Å². The topological polar surface area (TPSA) is 62.3 Å². The third kappa shape index (κ3) is 3.84. The minimum absolute atomic E-state index is 0.00731. The Hall–Kier alpha value is -0.820. The van der Waals surface area contributed by atoms with Crippen LogP contribution >= 0.6 is 0 Å². The lowest BCUT2D eigenvalue weighted by Gasteiger charge is -2.39. The molecule has 18 heavy (non-hydrogen) atoms. The number of piperidine rings is 1. The van der Waals surface area contributed by atoms with Gasteiger partial charge >= 0.3 is 6.18 Å². The van der Waals surface area contributed by atoms with Gasteiger partial charge in [-0.05, 0) is 19.8 Å². The number of nitrogens with one attached hydrogen (secondary N) is 1. The zero-order valence-electron chi connectivity index (χ0n) is 10.6. The van der Waals surface area contributed by atoms with Gasteiger partial charge in [0.2, 0.25) is 0 Å². The fourth-order valence-corrected chi connectivity index (χ4v) is 2.28. The van der Waals surface area contributed by atoms with Gasteiger partial charge in [0, 0.05) is 26.2 Å². The summed E-state index contributed by atoms with van der Waals surface area (Å²) in [6.07, 6.45) is -2.93. The highest BCUT2D eigenvalue weighted by Crippen LogP contribution is 2.29. The van der Waals surface area contributed by atoms with Gasteiger partial charge < -0.3 is 10.5 Å². The number of ether oxygens (including phenoxy) is 1. The van der Waals surface area contributed by atoms with Crippen LogP contribution in [-0.2, 0) is 4.74 Å². The molecule has 0 aliphatic carbocycles. The van der Waals surface area contributed by atoms with E-state index in [1.165, 1.54) is 0 Å². The van der Waals surface area contributed by atoms with Crippen LogP contribution in [0.2, 0.25) is 0 Å². The second-order valence-electron chi connectivity index (χ2n) is 4.78. The number of hydrogen-bond acceptors (Lipinski definition) is 3. The number of amidine groups is 1. The summed E-state index contributed by atoms with van der Waals surface area (Å²) in [5.74, 6) is -2.69. The molecule has 1 rings (SSSR count). The minimum Gasteiger partial charge on any atom is -0.387 e. The van der Waals surface area contributed by atoms with Crippen molar-refractivity contribution in [3.05, 3.63) is 0 Å². The van der Waals surface area contributed by atoms with Gasteiger partial charge in [0.15, 0.2) is 0 Å². The molecule has 0 spiro atoms. The van der Waals surface area contributed by atoms with Crippen LogP contribution in [0.15, 0.2) is 0 Å². The highest BCUT2D eigenvalue weighted by Gasteiger charge is 2.43. The van der Waals surface area contributed by atoms with E-state index >= 15 is 0 Å². The summed E-state index contributed by atoms with van der Waals surface area (Å²) >= 11 is 0. The van der Waals surface area contributed by atoms with Crippen molar-refractivity contribution in [1.29, 1.82) is 5.41 Å². The third-order valence-electron chi connectivity index (χ3n) is 3.49. The maximum Gasteiger partial charge on any atom is 0.399 e. The molecule has 3 N–H and O–H groups in total. The lowest BCUT2D eigenvalue weighted by molar-refractivity contribution is -0.162. The predicted molar refractivity (Wildman–Crippen MR) is 62.5 cm³/mol. The van der Waals surface area contributed by atoms with Crippen molar-refractivity contribution in [1.82, 2.24) is 4.90 Å². The fraction of sp³-hybridized carbons (Fsp3) is 0.909. The van der Waals surface area contributed by atoms with Crippen molar-refractivity contribution in [2.45, 2.75) is 38.1 Å². The van der Waals surface area contributed by atoms with Gasteiger partial charge in [0.1, 0.15) is 11.8 Å². The molecular weight excluding hydrogens is 247 g/mol. The van der Waals surface area contributed by atoms with Crippen LogP contribution in [-0.4, -0.2) is 49.3 Å². The SMILES string of the molecule is COC1CCN(CC(C(=N)N)C(F)(F)F)C(C)C1. The smallest absolute Gasteiger partial charge is 0.387 e. The lowest BCUT2D eigenvalue weighted by atomic mass is 9.98. The van der Waals surface area contributed by atoms with Gasteiger partial charge in [-0.2, -0.15) is 13.2 Å². The summed E-state index contributed by atoms with van der Waals surface area (Å²) in [6.45, 7) is 2.18. The molecule has 1 saturated heterocycles. The van der Waals surface area contributed by atoms with Gasteiger partial charge in [-0.3, -0.25) is 10.3 Å². The Labute approximate surface area is 105 Å². The van der Waals surface area contributed by atoms with Crippen LogP contribution in [0.1, 0.15) is 19.8 Å². The summed E-state index contributed by atoms with van der Waals surface area (Å²) < 4.78 is 43.4. The van der Waals surface area contributed by atoms with E-state index in [1.54, 1.807) is 12.0 Å². The minimum atomic E-state index is -4.45. The molecule has 4 nitrogen and oxygen atoms in total. The average molecular weight is 267 g/mol. The van der Waals surface area contributed by atoms with Crippen molar-refractivity contribution >= 4 is 5.84 Å². The molecule has 7 heteroatoms. The zero-order chi connectivity index (χ0) is 13.9. The monoisotopic (exact) mass is 267 g/mol. The largest absolute Gasteiger partial charge is 0.399 e. The summed E-state index contributed by atoms with van der Waals surface area (Å²) in [5.41, 5.74) is 5.05. The Balaban J connectivity index is 2.63. The first-order valence-corrected chi connectivity index (χ1v) is 5.93. The molecule has 0 aromatic heterocycles. The quantitative estimate of drug-likeness (QED) is 0.601. The van der Waals surface area contributed by atoms with Crippen LogP contribution in [0.5, 0.6) is 0 Å². The summed E-state index contributed by atoms with van der Waals surface area (Å²) in [7, 11) is 1.61. The van der Waals surface area contributed by atoms with Gasteiger partial charge in [-0.1, -0.05) is 0 Å². The van der Waals surface area contributed by atoms with E-state index in [4.69, 9.17) is 15.9 Å². The number of methoxy groups -OCH3 is 1. The number of hydrogen-bond donors (Lipinski definition) is 2. The van der Waals surface area contributed by atoms with Crippen molar-refractivity contribution in [3.8, 4) is 0 Å². The summed E-state index contributed by atoms with van der Waals surface area (Å²) in [5, 5.41) is 7.07. The molecule has 1 aliphatic rings. The number of halogens is 3. The number of alkyl halides is 3. The van der Waals surface area contributed by atoms with Crippen molar-refractivity contribution < 1.29 is 17.9 Å². The van der Waals surface area contributed by atoms with E-state index in [9.17, 15) is 13.2 Å². The second kappa shape index (κ2) is 5.88. The molecule has 1 aliphatic heterocycles. The van der Waals surface area contributed by atoms with Crippen LogP contribution in [0.3, 0.4) is 0 Å². The highest BCUT2D eigenvalue weighted by atomic mass is 19.4.